The average molecular weight is 296 g/mol. The third-order valence-electron chi connectivity index (χ3n) is 3.74. The predicted octanol–water partition coefficient (Wildman–Crippen LogP) is 1.00. The quantitative estimate of drug-likeness (QED) is 0.322. The van der Waals surface area contributed by atoms with Gasteiger partial charge in [0.05, 0.1) is 0 Å². The number of aromatic nitrogens is 1. The number of nitrogens with one attached hydrogen (secondary N) is 1. The molecule has 21 heavy (non-hydrogen) atoms. The summed E-state index contributed by atoms with van der Waals surface area (Å²) in [6, 6.07) is 1.52. The molecule has 4 N–H and O–H groups in total. The van der Waals surface area contributed by atoms with Gasteiger partial charge in [-0.1, -0.05) is 29.6 Å². The molecule has 1 aromatic rings. The van der Waals surface area contributed by atoms with Gasteiger partial charge in [0.15, 0.2) is 17.3 Å². The Morgan fingerprint density at radius 3 is 2.90 bits per heavy atom. The molecule has 0 spiro atoms. The number of carbonyl (C=O) groups is 1. The van der Waals surface area contributed by atoms with Gasteiger partial charge in [0.25, 0.3) is 5.91 Å². The summed E-state index contributed by atoms with van der Waals surface area (Å²) in [5, 5.41) is 18.6. The maximum atomic E-state index is 12.3. The molecule has 2 rings (SSSR count). The van der Waals surface area contributed by atoms with E-state index in [4.69, 9.17) is 20.2 Å². The van der Waals surface area contributed by atoms with Crippen molar-refractivity contribution in [3.63, 3.8) is 0 Å². The van der Waals surface area contributed by atoms with E-state index in [9.17, 15) is 4.79 Å². The van der Waals surface area contributed by atoms with Crippen LogP contribution < -0.4 is 11.1 Å². The molecule has 116 valence electrons. The van der Waals surface area contributed by atoms with Crippen molar-refractivity contribution in [2.24, 2.45) is 10.9 Å². The lowest BCUT2D eigenvalue weighted by molar-refractivity contribution is 0.0895. The fourth-order valence-corrected chi connectivity index (χ4v) is 2.61. The first kappa shape index (κ1) is 15.3. The fourth-order valence-electron chi connectivity index (χ4n) is 2.61. The van der Waals surface area contributed by atoms with Gasteiger partial charge in [-0.3, -0.25) is 4.79 Å². The van der Waals surface area contributed by atoms with Crippen LogP contribution >= 0.6 is 0 Å². The summed E-state index contributed by atoms with van der Waals surface area (Å²) in [5.74, 6) is 0.0786. The number of rotatable bonds is 5. The van der Waals surface area contributed by atoms with E-state index >= 15 is 0 Å². The van der Waals surface area contributed by atoms with Crippen molar-refractivity contribution in [1.82, 2.24) is 10.5 Å². The van der Waals surface area contributed by atoms with Crippen LogP contribution in [0.5, 0.6) is 0 Å². The van der Waals surface area contributed by atoms with Crippen molar-refractivity contribution < 1.29 is 19.3 Å². The van der Waals surface area contributed by atoms with E-state index in [1.807, 2.05) is 0 Å². The van der Waals surface area contributed by atoms with Crippen LogP contribution in [0.2, 0.25) is 0 Å². The number of nitrogens with two attached hydrogens (primary N) is 1. The molecule has 1 fully saturated rings. The van der Waals surface area contributed by atoms with Crippen LogP contribution in [-0.2, 0) is 11.3 Å². The number of carbonyl (C=O) groups excluding carboxylic acids is 1. The third kappa shape index (κ3) is 3.33. The van der Waals surface area contributed by atoms with E-state index in [1.54, 1.807) is 0 Å². The van der Waals surface area contributed by atoms with E-state index in [1.165, 1.54) is 13.2 Å². The Morgan fingerprint density at radius 1 is 1.57 bits per heavy atom. The van der Waals surface area contributed by atoms with E-state index < -0.39 is 11.4 Å². The zero-order valence-corrected chi connectivity index (χ0v) is 12.0. The topological polar surface area (TPSA) is 123 Å². The highest BCUT2D eigenvalue weighted by atomic mass is 16.5. The SMILES string of the molecule is COCc1cc(C(=O)NC2(C(N)=NO)CCCCC2)no1. The highest BCUT2D eigenvalue weighted by Gasteiger charge is 2.38. The summed E-state index contributed by atoms with van der Waals surface area (Å²) in [4.78, 5) is 12.3. The van der Waals surface area contributed by atoms with E-state index in [-0.39, 0.29) is 18.1 Å². The Labute approximate surface area is 122 Å². The lowest BCUT2D eigenvalue weighted by atomic mass is 9.80. The fraction of sp³-hybridized carbons (Fsp3) is 0.615. The number of hydrogen-bond donors (Lipinski definition) is 3. The minimum atomic E-state index is -0.815. The Balaban J connectivity index is 2.13. The van der Waals surface area contributed by atoms with Crippen LogP contribution in [0.3, 0.4) is 0 Å². The summed E-state index contributed by atoms with van der Waals surface area (Å²) in [5.41, 5.74) is 5.12. The largest absolute Gasteiger partial charge is 0.409 e. The Kier molecular flexibility index (Phi) is 4.79. The smallest absolute Gasteiger partial charge is 0.274 e. The van der Waals surface area contributed by atoms with Gasteiger partial charge in [-0.25, -0.2) is 0 Å². The van der Waals surface area contributed by atoms with Crippen LogP contribution in [0, 0.1) is 0 Å². The number of ether oxygens (including phenoxy) is 1. The molecule has 1 aromatic heterocycles. The molecular weight excluding hydrogens is 276 g/mol. The normalized spacial score (nSPS) is 18.4. The zero-order valence-electron chi connectivity index (χ0n) is 12.0. The van der Waals surface area contributed by atoms with Gasteiger partial charge < -0.3 is 25.5 Å². The molecule has 1 saturated carbocycles. The molecule has 0 unspecified atom stereocenters. The van der Waals surface area contributed by atoms with Gasteiger partial charge in [-0.2, -0.15) is 0 Å². The predicted molar refractivity (Wildman–Crippen MR) is 73.9 cm³/mol. The first-order chi connectivity index (χ1) is 10.1. The monoisotopic (exact) mass is 296 g/mol. The number of methoxy groups -OCH3 is 1. The molecular formula is C13H20N4O4. The number of hydrogen-bond acceptors (Lipinski definition) is 6. The van der Waals surface area contributed by atoms with Gasteiger partial charge in [0, 0.05) is 13.2 Å². The minimum Gasteiger partial charge on any atom is -0.409 e. The van der Waals surface area contributed by atoms with Crippen LogP contribution in [-0.4, -0.2) is 34.8 Å². The zero-order chi connectivity index (χ0) is 15.3. The second kappa shape index (κ2) is 6.57. The highest BCUT2D eigenvalue weighted by Crippen LogP contribution is 2.28. The van der Waals surface area contributed by atoms with Gasteiger partial charge in [0.2, 0.25) is 0 Å². The lowest BCUT2D eigenvalue weighted by Gasteiger charge is -2.36. The molecule has 1 heterocycles. The maximum absolute atomic E-state index is 12.3. The second-order valence-corrected chi connectivity index (χ2v) is 5.19. The van der Waals surface area contributed by atoms with Gasteiger partial charge in [-0.05, 0) is 12.8 Å². The standard InChI is InChI=1S/C13H20N4O4/c1-20-8-9-7-10(17-21-9)11(18)15-13(12(14)16-19)5-3-2-4-6-13/h7,19H,2-6,8H2,1H3,(H2,14,16)(H,15,18). The number of nitrogens with zero attached hydrogens (tertiary/aromatic N) is 2. The van der Waals surface area contributed by atoms with E-state index in [2.05, 4.69) is 15.6 Å². The summed E-state index contributed by atoms with van der Waals surface area (Å²) < 4.78 is 9.90. The number of amidine groups is 1. The van der Waals surface area contributed by atoms with Crippen LogP contribution in [0.4, 0.5) is 0 Å². The molecule has 0 saturated heterocycles. The maximum Gasteiger partial charge on any atom is 0.274 e. The Hall–Kier alpha value is -2.09. The first-order valence-electron chi connectivity index (χ1n) is 6.86. The van der Waals surface area contributed by atoms with E-state index in [0.29, 0.717) is 18.6 Å². The number of oxime groups is 1. The van der Waals surface area contributed by atoms with Gasteiger partial charge >= 0.3 is 0 Å². The Morgan fingerprint density at radius 2 is 2.29 bits per heavy atom. The molecule has 1 aliphatic carbocycles. The van der Waals surface area contributed by atoms with Crippen molar-refractivity contribution in [2.75, 3.05) is 7.11 Å². The molecule has 0 bridgehead atoms. The summed E-state index contributed by atoms with van der Waals surface area (Å²) in [6.45, 7) is 0.242. The van der Waals surface area contributed by atoms with Crippen molar-refractivity contribution in [1.29, 1.82) is 0 Å². The van der Waals surface area contributed by atoms with Crippen molar-refractivity contribution >= 4 is 11.7 Å². The van der Waals surface area contributed by atoms with E-state index in [0.717, 1.165) is 19.3 Å². The average Bonchev–Trinajstić information content (AvgIpc) is 2.96. The summed E-state index contributed by atoms with van der Waals surface area (Å²) >= 11 is 0. The lowest BCUT2D eigenvalue weighted by Crippen LogP contribution is -2.58. The van der Waals surface area contributed by atoms with Crippen molar-refractivity contribution in [3.8, 4) is 0 Å². The van der Waals surface area contributed by atoms with Gasteiger partial charge in [0.1, 0.15) is 12.1 Å². The Bertz CT molecular complexity index is 520. The molecule has 0 atom stereocenters. The molecule has 1 aliphatic rings. The summed E-state index contributed by atoms with van der Waals surface area (Å²) in [7, 11) is 1.53. The van der Waals surface area contributed by atoms with Crippen LogP contribution in [0.15, 0.2) is 15.7 Å². The highest BCUT2D eigenvalue weighted by molar-refractivity contribution is 5.99. The van der Waals surface area contributed by atoms with Crippen LogP contribution in [0.1, 0.15) is 48.4 Å². The molecule has 8 nitrogen and oxygen atoms in total. The molecule has 0 aliphatic heterocycles. The van der Waals surface area contributed by atoms with Crippen molar-refractivity contribution in [2.45, 2.75) is 44.2 Å². The summed E-state index contributed by atoms with van der Waals surface area (Å²) in [6.07, 6.45) is 4.15. The molecule has 8 heteroatoms. The first-order valence-corrected chi connectivity index (χ1v) is 6.86. The van der Waals surface area contributed by atoms with Crippen molar-refractivity contribution in [3.05, 3.63) is 17.5 Å². The van der Waals surface area contributed by atoms with Crippen LogP contribution in [0.25, 0.3) is 0 Å². The second-order valence-electron chi connectivity index (χ2n) is 5.19. The van der Waals surface area contributed by atoms with Gasteiger partial charge in [-0.15, -0.1) is 0 Å². The molecule has 1 amide bonds. The molecule has 0 radical (unpaired) electrons. The third-order valence-corrected chi connectivity index (χ3v) is 3.74. The molecule has 0 aromatic carbocycles. The minimum absolute atomic E-state index is 0.0242. The number of amides is 1.